The zero-order chi connectivity index (χ0) is 13.0. The Bertz CT molecular complexity index is 551. The zero-order valence-corrected chi connectivity index (χ0v) is 9.90. The maximum atomic E-state index is 12.9. The minimum Gasteiger partial charge on any atom is -0.301 e. The van der Waals surface area contributed by atoms with Crippen molar-refractivity contribution in [3.8, 4) is 0 Å². The predicted octanol–water partition coefficient (Wildman–Crippen LogP) is 2.20. The summed E-state index contributed by atoms with van der Waals surface area (Å²) in [5.74, 6) is -2.96. The van der Waals surface area contributed by atoms with Gasteiger partial charge in [0.15, 0.2) is 5.78 Å². The Morgan fingerprint density at radius 2 is 1.89 bits per heavy atom. The second kappa shape index (κ2) is 3.47. The van der Waals surface area contributed by atoms with E-state index < -0.39 is 11.6 Å². The molecule has 3 rings (SSSR count). The van der Waals surface area contributed by atoms with Gasteiger partial charge in [0, 0.05) is 5.56 Å². The molecular weight excluding hydrogens is 239 g/mol. The van der Waals surface area contributed by atoms with Crippen molar-refractivity contribution >= 4 is 5.78 Å². The molecule has 1 fully saturated rings. The Morgan fingerprint density at radius 1 is 1.22 bits per heavy atom. The number of carbonyl (C=O) groups excluding carboxylic acids is 1. The number of benzene rings is 1. The van der Waals surface area contributed by atoms with E-state index in [0.717, 1.165) is 0 Å². The second-order valence-corrected chi connectivity index (χ2v) is 4.50. The van der Waals surface area contributed by atoms with Crippen LogP contribution in [0.2, 0.25) is 0 Å². The smallest absolute Gasteiger partial charge is 0.250 e. The van der Waals surface area contributed by atoms with Crippen LogP contribution in [-0.4, -0.2) is 11.6 Å². The molecule has 0 unspecified atom stereocenters. The summed E-state index contributed by atoms with van der Waals surface area (Å²) >= 11 is 0. The fraction of sp³-hybridized carbons (Fsp3) is 0.308. The van der Waals surface area contributed by atoms with Gasteiger partial charge in [-0.1, -0.05) is 12.1 Å². The highest BCUT2D eigenvalue weighted by Gasteiger charge is 2.59. The van der Waals surface area contributed by atoms with Gasteiger partial charge in [-0.3, -0.25) is 4.79 Å². The van der Waals surface area contributed by atoms with E-state index in [-0.39, 0.29) is 11.6 Å². The predicted molar refractivity (Wildman–Crippen MR) is 58.5 cm³/mol. The van der Waals surface area contributed by atoms with Gasteiger partial charge in [0.1, 0.15) is 5.82 Å². The first-order chi connectivity index (χ1) is 8.45. The summed E-state index contributed by atoms with van der Waals surface area (Å²) in [5, 5.41) is 0. The Balaban J connectivity index is 2.08. The Morgan fingerprint density at radius 3 is 2.44 bits per heavy atom. The Kier molecular flexibility index (Phi) is 2.22. The van der Waals surface area contributed by atoms with Crippen LogP contribution in [0.25, 0.3) is 0 Å². The van der Waals surface area contributed by atoms with E-state index in [1.807, 2.05) is 0 Å². The average molecular weight is 250 g/mol. The average Bonchev–Trinajstić information content (AvgIpc) is 2.81. The van der Waals surface area contributed by atoms with E-state index in [9.17, 15) is 9.18 Å². The van der Waals surface area contributed by atoms with Gasteiger partial charge in [-0.15, -0.1) is 0 Å². The lowest BCUT2D eigenvalue weighted by Crippen LogP contribution is -2.29. The van der Waals surface area contributed by atoms with E-state index in [2.05, 4.69) is 0 Å². The number of Topliss-reactive ketones (excluding diaryl/α,β-unsaturated/α-hetero) is 1. The molecule has 0 amide bonds. The first-order valence-corrected chi connectivity index (χ1v) is 5.52. The molecule has 1 saturated heterocycles. The number of ether oxygens (including phenoxy) is 1. The molecule has 2 heterocycles. The lowest BCUT2D eigenvalue weighted by Gasteiger charge is -2.19. The second-order valence-electron chi connectivity index (χ2n) is 4.50. The first kappa shape index (κ1) is 11.5. The Hall–Kier alpha value is -1.56. The minimum absolute atomic E-state index is 0.148. The number of rotatable bonds is 2. The number of ketones is 1. The molecule has 0 saturated carbocycles. The molecule has 1 aromatic carbocycles. The SMILES string of the molecule is CC(=O)C1=C[C@@]2(c3ccc(F)cc3)OO[C@]1(C)O2. The van der Waals surface area contributed by atoms with Gasteiger partial charge in [-0.2, -0.15) is 9.78 Å². The standard InChI is InChI=1S/C13H11FO4/c1-8(15)11-7-13(16-12(11,2)17-18-13)9-3-5-10(14)6-4-9/h3-7H,1-2H3/t12-,13-/m0/s1. The lowest BCUT2D eigenvalue weighted by atomic mass is 10.0. The molecule has 2 bridgehead atoms. The van der Waals surface area contributed by atoms with Crippen LogP contribution >= 0.6 is 0 Å². The summed E-state index contributed by atoms with van der Waals surface area (Å²) < 4.78 is 18.6. The lowest BCUT2D eigenvalue weighted by molar-refractivity contribution is -0.341. The van der Waals surface area contributed by atoms with Crippen molar-refractivity contribution in [2.75, 3.05) is 0 Å². The molecule has 2 aliphatic heterocycles. The van der Waals surface area contributed by atoms with E-state index >= 15 is 0 Å². The number of hydrogen-bond acceptors (Lipinski definition) is 4. The van der Waals surface area contributed by atoms with Gasteiger partial charge in [0.2, 0.25) is 5.79 Å². The number of carbonyl (C=O) groups is 1. The third kappa shape index (κ3) is 1.45. The normalized spacial score (nSPS) is 33.6. The Labute approximate surface area is 103 Å². The molecule has 0 aliphatic carbocycles. The molecule has 5 heteroatoms. The fourth-order valence-corrected chi connectivity index (χ4v) is 2.23. The van der Waals surface area contributed by atoms with E-state index in [4.69, 9.17) is 14.5 Å². The van der Waals surface area contributed by atoms with Gasteiger partial charge in [-0.25, -0.2) is 4.39 Å². The van der Waals surface area contributed by atoms with Gasteiger partial charge in [0.05, 0.1) is 5.57 Å². The highest BCUT2D eigenvalue weighted by molar-refractivity contribution is 5.95. The van der Waals surface area contributed by atoms with Crippen LogP contribution in [0.4, 0.5) is 4.39 Å². The van der Waals surface area contributed by atoms with Gasteiger partial charge >= 0.3 is 0 Å². The van der Waals surface area contributed by atoms with Crippen molar-refractivity contribution in [3.63, 3.8) is 0 Å². The van der Waals surface area contributed by atoms with Crippen molar-refractivity contribution in [2.24, 2.45) is 0 Å². The number of hydrogen-bond donors (Lipinski definition) is 0. The summed E-state index contributed by atoms with van der Waals surface area (Å²) in [7, 11) is 0. The van der Waals surface area contributed by atoms with Crippen LogP contribution in [0.5, 0.6) is 0 Å². The molecule has 0 N–H and O–H groups in total. The van der Waals surface area contributed by atoms with E-state index in [1.165, 1.54) is 31.2 Å². The van der Waals surface area contributed by atoms with Crippen molar-refractivity contribution in [3.05, 3.63) is 47.3 Å². The van der Waals surface area contributed by atoms with Gasteiger partial charge in [0.25, 0.3) is 5.79 Å². The van der Waals surface area contributed by atoms with Crippen molar-refractivity contribution in [1.29, 1.82) is 0 Å². The quantitative estimate of drug-likeness (QED) is 0.755. The maximum Gasteiger partial charge on any atom is 0.250 e. The van der Waals surface area contributed by atoms with Crippen molar-refractivity contribution in [2.45, 2.75) is 25.4 Å². The third-order valence-corrected chi connectivity index (χ3v) is 3.12. The molecule has 4 nitrogen and oxygen atoms in total. The molecule has 2 atom stereocenters. The zero-order valence-electron chi connectivity index (χ0n) is 9.90. The molecule has 2 aliphatic rings. The van der Waals surface area contributed by atoms with E-state index in [1.54, 1.807) is 13.0 Å². The summed E-state index contributed by atoms with van der Waals surface area (Å²) in [6, 6.07) is 5.66. The summed E-state index contributed by atoms with van der Waals surface area (Å²) in [5.41, 5.74) is 0.974. The molecule has 0 spiro atoms. The van der Waals surface area contributed by atoms with Gasteiger partial charge in [-0.05, 0) is 32.1 Å². The summed E-state index contributed by atoms with van der Waals surface area (Å²) in [4.78, 5) is 21.8. The van der Waals surface area contributed by atoms with Crippen LogP contribution in [0, 0.1) is 5.82 Å². The van der Waals surface area contributed by atoms with Crippen molar-refractivity contribution < 1.29 is 23.7 Å². The molecule has 18 heavy (non-hydrogen) atoms. The number of halogens is 1. The molecule has 94 valence electrons. The van der Waals surface area contributed by atoms with Crippen LogP contribution in [0.1, 0.15) is 19.4 Å². The minimum atomic E-state index is -1.26. The summed E-state index contributed by atoms with van der Waals surface area (Å²) in [6.07, 6.45) is 1.58. The summed E-state index contributed by atoms with van der Waals surface area (Å²) in [6.45, 7) is 3.04. The van der Waals surface area contributed by atoms with E-state index in [0.29, 0.717) is 11.1 Å². The highest BCUT2D eigenvalue weighted by Crippen LogP contribution is 2.51. The maximum absolute atomic E-state index is 12.9. The molecule has 0 radical (unpaired) electrons. The molecule has 0 aromatic heterocycles. The van der Waals surface area contributed by atoms with Crippen molar-refractivity contribution in [1.82, 2.24) is 0 Å². The molecule has 1 aromatic rings. The van der Waals surface area contributed by atoms with Gasteiger partial charge < -0.3 is 4.74 Å². The third-order valence-electron chi connectivity index (χ3n) is 3.12. The van der Waals surface area contributed by atoms with Crippen LogP contribution in [0.15, 0.2) is 35.9 Å². The topological polar surface area (TPSA) is 44.8 Å². The first-order valence-electron chi connectivity index (χ1n) is 5.52. The van der Waals surface area contributed by atoms with Crippen LogP contribution < -0.4 is 0 Å². The number of fused-ring (bicyclic) bond motifs is 2. The van der Waals surface area contributed by atoms with Crippen LogP contribution in [-0.2, 0) is 25.1 Å². The highest BCUT2D eigenvalue weighted by atomic mass is 19.1. The van der Waals surface area contributed by atoms with Crippen LogP contribution in [0.3, 0.4) is 0 Å². The fourth-order valence-electron chi connectivity index (χ4n) is 2.23. The molecular formula is C13H11FO4. The largest absolute Gasteiger partial charge is 0.301 e. The monoisotopic (exact) mass is 250 g/mol.